The van der Waals surface area contributed by atoms with E-state index in [4.69, 9.17) is 18.5 Å². The van der Waals surface area contributed by atoms with Crippen LogP contribution in [0.1, 0.15) is 104 Å². The van der Waals surface area contributed by atoms with E-state index in [9.17, 15) is 9.46 Å². The summed E-state index contributed by atoms with van der Waals surface area (Å²) in [5.41, 5.74) is 0. The molecular formula is C28H53NO6P+. The van der Waals surface area contributed by atoms with Gasteiger partial charge in [0.1, 0.15) is 12.7 Å². The van der Waals surface area contributed by atoms with Crippen molar-refractivity contribution in [1.82, 2.24) is 0 Å². The van der Waals surface area contributed by atoms with E-state index in [1.54, 1.807) is 0 Å². The first-order chi connectivity index (χ1) is 17.6. The fourth-order valence-corrected chi connectivity index (χ4v) is 4.79. The molecule has 1 N–H and O–H groups in total. The maximum Gasteiger partial charge on any atom is 0.472 e. The highest BCUT2D eigenvalue weighted by atomic mass is 31.2. The molecule has 0 saturated heterocycles. The summed E-state index contributed by atoms with van der Waals surface area (Å²) in [5, 5.41) is 0. The topological polar surface area (TPSA) is 78.1 Å². The third-order valence-electron chi connectivity index (χ3n) is 6.15. The van der Waals surface area contributed by atoms with Crippen LogP contribution in [0, 0.1) is 0 Å². The van der Waals surface area contributed by atoms with E-state index in [-0.39, 0.29) is 13.2 Å². The third kappa shape index (κ3) is 20.3. The first-order valence-electron chi connectivity index (χ1n) is 14.3. The van der Waals surface area contributed by atoms with Gasteiger partial charge in [-0.15, -0.1) is 0 Å². The minimum atomic E-state index is -4.13. The molecular weight excluding hydrogens is 477 g/mol. The molecule has 0 saturated carbocycles. The Hall–Kier alpha value is -0.820. The highest BCUT2D eigenvalue weighted by Gasteiger charge is 2.24. The predicted molar refractivity (Wildman–Crippen MR) is 145 cm³/mol. The van der Waals surface area contributed by atoms with Gasteiger partial charge in [0.25, 0.3) is 0 Å². The molecule has 0 spiro atoms. The van der Waals surface area contributed by atoms with Crippen LogP contribution >= 0.6 is 7.82 Å². The van der Waals surface area contributed by atoms with E-state index in [1.165, 1.54) is 83.5 Å². The quantitative estimate of drug-likeness (QED) is 0.0788. The molecule has 0 fully saturated rings. The molecule has 0 amide bonds. The Morgan fingerprint density at radius 2 is 1.28 bits per heavy atom. The second kappa shape index (κ2) is 23.3. The van der Waals surface area contributed by atoms with Gasteiger partial charge in [-0.05, 0) is 13.3 Å². The van der Waals surface area contributed by atoms with Crippen LogP contribution in [0.15, 0.2) is 30.6 Å². The summed E-state index contributed by atoms with van der Waals surface area (Å²) >= 11 is 0. The second-order valence-electron chi connectivity index (χ2n) is 9.46. The molecule has 0 bridgehead atoms. The van der Waals surface area contributed by atoms with Crippen LogP contribution in [-0.2, 0) is 29.6 Å². The number of nitrogens with zero attached hydrogens (tertiary/aromatic N) is 1. The number of phosphoric acid groups is 1. The zero-order valence-electron chi connectivity index (χ0n) is 23.0. The summed E-state index contributed by atoms with van der Waals surface area (Å²) in [6.45, 7) is 6.15. The van der Waals surface area contributed by atoms with Crippen molar-refractivity contribution >= 4 is 7.82 Å². The molecule has 8 heteroatoms. The minimum absolute atomic E-state index is 0.0428. The van der Waals surface area contributed by atoms with Crippen LogP contribution in [0.25, 0.3) is 0 Å². The summed E-state index contributed by atoms with van der Waals surface area (Å²) in [5.74, 6) is 0. The summed E-state index contributed by atoms with van der Waals surface area (Å²) in [4.78, 5) is 9.93. The SMILES string of the molecule is CCCCCCCCCCCCCCCCOC[C@H](COP(=O)(O)OCC[n+]1ccccc1)OCC. The molecule has 0 aliphatic heterocycles. The fourth-order valence-electron chi connectivity index (χ4n) is 4.05. The van der Waals surface area contributed by atoms with E-state index in [1.807, 2.05) is 42.1 Å². The molecule has 1 aromatic heterocycles. The normalized spacial score (nSPS) is 14.1. The Morgan fingerprint density at radius 3 is 1.83 bits per heavy atom. The van der Waals surface area contributed by atoms with Gasteiger partial charge in [0, 0.05) is 25.3 Å². The van der Waals surface area contributed by atoms with Crippen LogP contribution in [0.4, 0.5) is 0 Å². The van der Waals surface area contributed by atoms with E-state index in [0.29, 0.717) is 26.4 Å². The molecule has 1 aromatic rings. The van der Waals surface area contributed by atoms with Gasteiger partial charge in [-0.3, -0.25) is 9.05 Å². The zero-order chi connectivity index (χ0) is 26.2. The maximum atomic E-state index is 12.1. The average Bonchev–Trinajstić information content (AvgIpc) is 2.87. The van der Waals surface area contributed by atoms with E-state index >= 15 is 0 Å². The van der Waals surface area contributed by atoms with Crippen molar-refractivity contribution in [2.45, 2.75) is 116 Å². The van der Waals surface area contributed by atoms with Crippen molar-refractivity contribution in [1.29, 1.82) is 0 Å². The van der Waals surface area contributed by atoms with Crippen LogP contribution in [0.3, 0.4) is 0 Å². The van der Waals surface area contributed by atoms with Gasteiger partial charge in [0.15, 0.2) is 18.9 Å². The molecule has 0 radical (unpaired) electrons. The molecule has 0 aromatic carbocycles. The van der Waals surface area contributed by atoms with Crippen LogP contribution in [0.2, 0.25) is 0 Å². The predicted octanol–water partition coefficient (Wildman–Crippen LogP) is 7.01. The van der Waals surface area contributed by atoms with Gasteiger partial charge in [-0.2, -0.15) is 0 Å². The lowest BCUT2D eigenvalue weighted by molar-refractivity contribution is -0.697. The lowest BCUT2D eigenvalue weighted by atomic mass is 10.0. The van der Waals surface area contributed by atoms with Crippen molar-refractivity contribution in [3.05, 3.63) is 30.6 Å². The lowest BCUT2D eigenvalue weighted by Crippen LogP contribution is -2.34. The van der Waals surface area contributed by atoms with Gasteiger partial charge in [-0.1, -0.05) is 96.5 Å². The van der Waals surface area contributed by atoms with Gasteiger partial charge < -0.3 is 14.4 Å². The summed E-state index contributed by atoms with van der Waals surface area (Å²) in [6.07, 6.45) is 22.0. The Kier molecular flexibility index (Phi) is 21.5. The number of ether oxygens (including phenoxy) is 2. The van der Waals surface area contributed by atoms with Crippen LogP contribution in [0.5, 0.6) is 0 Å². The molecule has 0 aliphatic carbocycles. The summed E-state index contributed by atoms with van der Waals surface area (Å²) in [6, 6.07) is 5.69. The number of unbranched alkanes of at least 4 members (excludes halogenated alkanes) is 13. The third-order valence-corrected chi connectivity index (χ3v) is 7.14. The van der Waals surface area contributed by atoms with Crippen molar-refractivity contribution in [3.63, 3.8) is 0 Å². The Bertz CT molecular complexity index is 648. The maximum absolute atomic E-state index is 12.1. The molecule has 7 nitrogen and oxygen atoms in total. The Morgan fingerprint density at radius 1 is 0.722 bits per heavy atom. The van der Waals surface area contributed by atoms with E-state index < -0.39 is 13.9 Å². The van der Waals surface area contributed by atoms with Crippen molar-refractivity contribution in [3.8, 4) is 0 Å². The standard InChI is InChI=1S/C28H52NO6P/c1-3-5-6-7-8-9-10-11-12-13-14-15-16-20-24-32-26-28(33-4-2)27-35-36(30,31)34-25-23-29-21-18-17-19-22-29/h17-19,21-22,28H,3-16,20,23-27H2,1-2H3/p+1/t28-/m1/s1. The highest BCUT2D eigenvalue weighted by Crippen LogP contribution is 2.43. The number of rotatable bonds is 26. The van der Waals surface area contributed by atoms with Gasteiger partial charge in [0.2, 0.25) is 0 Å². The lowest BCUT2D eigenvalue weighted by Gasteiger charge is -2.19. The van der Waals surface area contributed by atoms with Crippen molar-refractivity contribution in [2.24, 2.45) is 0 Å². The van der Waals surface area contributed by atoms with Crippen LogP contribution in [-0.4, -0.2) is 44.0 Å². The summed E-state index contributed by atoms with van der Waals surface area (Å²) in [7, 11) is -4.13. The Labute approximate surface area is 220 Å². The second-order valence-corrected chi connectivity index (χ2v) is 10.9. The molecule has 2 atom stereocenters. The van der Waals surface area contributed by atoms with E-state index in [0.717, 1.165) is 6.42 Å². The van der Waals surface area contributed by atoms with Crippen LogP contribution < -0.4 is 4.57 Å². The smallest absolute Gasteiger partial charge is 0.379 e. The number of pyridine rings is 1. The van der Waals surface area contributed by atoms with Crippen molar-refractivity contribution < 1.29 is 32.5 Å². The molecule has 36 heavy (non-hydrogen) atoms. The number of hydrogen-bond acceptors (Lipinski definition) is 5. The zero-order valence-corrected chi connectivity index (χ0v) is 23.9. The monoisotopic (exact) mass is 530 g/mol. The number of phosphoric ester groups is 1. The largest absolute Gasteiger partial charge is 0.472 e. The van der Waals surface area contributed by atoms with Gasteiger partial charge in [0.05, 0.1) is 13.2 Å². The average molecular weight is 531 g/mol. The first-order valence-corrected chi connectivity index (χ1v) is 15.8. The minimum Gasteiger partial charge on any atom is -0.379 e. The van der Waals surface area contributed by atoms with Gasteiger partial charge in [-0.25, -0.2) is 9.13 Å². The number of hydrogen-bond donors (Lipinski definition) is 1. The highest BCUT2D eigenvalue weighted by molar-refractivity contribution is 7.47. The molecule has 210 valence electrons. The van der Waals surface area contributed by atoms with E-state index in [2.05, 4.69) is 6.92 Å². The molecule has 1 rings (SSSR count). The van der Waals surface area contributed by atoms with Gasteiger partial charge >= 0.3 is 7.82 Å². The molecule has 1 heterocycles. The Balaban J connectivity index is 1.98. The molecule has 0 aliphatic rings. The first kappa shape index (κ1) is 33.2. The van der Waals surface area contributed by atoms with Crippen molar-refractivity contribution in [2.75, 3.05) is 33.0 Å². The summed E-state index contributed by atoms with van der Waals surface area (Å²) < 4.78 is 35.5. The molecule has 1 unspecified atom stereocenters. The fraction of sp³-hybridized carbons (Fsp3) is 0.821. The number of aromatic nitrogens is 1.